The molecular formula is C23H25N3O3. The number of anilines is 2. The highest BCUT2D eigenvalue weighted by Gasteiger charge is 2.31. The number of rotatable bonds is 5. The first-order valence-corrected chi connectivity index (χ1v) is 10.1. The summed E-state index contributed by atoms with van der Waals surface area (Å²) in [7, 11) is 0. The molecule has 1 aliphatic carbocycles. The first-order chi connectivity index (χ1) is 14.0. The predicted octanol–water partition coefficient (Wildman–Crippen LogP) is 3.51. The van der Waals surface area contributed by atoms with E-state index in [1.165, 1.54) is 5.56 Å². The zero-order valence-corrected chi connectivity index (χ0v) is 16.5. The van der Waals surface area contributed by atoms with Crippen LogP contribution in [0.1, 0.15) is 43.4 Å². The number of carbonyl (C=O) groups is 3. The molecule has 3 amide bonds. The Bertz CT molecular complexity index is 952. The molecule has 6 nitrogen and oxygen atoms in total. The maximum Gasteiger partial charge on any atom is 0.227 e. The van der Waals surface area contributed by atoms with Crippen molar-refractivity contribution in [3.63, 3.8) is 0 Å². The Morgan fingerprint density at radius 1 is 1.00 bits per heavy atom. The smallest absolute Gasteiger partial charge is 0.227 e. The molecule has 1 heterocycles. The number of nitrogens with one attached hydrogen (secondary N) is 2. The molecule has 0 spiro atoms. The van der Waals surface area contributed by atoms with Gasteiger partial charge >= 0.3 is 0 Å². The number of amides is 3. The Morgan fingerprint density at radius 3 is 2.45 bits per heavy atom. The van der Waals surface area contributed by atoms with Gasteiger partial charge in [0.1, 0.15) is 0 Å². The second-order valence-electron chi connectivity index (χ2n) is 7.77. The van der Waals surface area contributed by atoms with Crippen LogP contribution in [-0.4, -0.2) is 29.2 Å². The minimum Gasteiger partial charge on any atom is -0.335 e. The van der Waals surface area contributed by atoms with E-state index >= 15 is 0 Å². The maximum atomic E-state index is 12.8. The first-order valence-electron chi connectivity index (χ1n) is 10.1. The van der Waals surface area contributed by atoms with Gasteiger partial charge in [-0.2, -0.15) is 0 Å². The van der Waals surface area contributed by atoms with Crippen LogP contribution in [-0.2, 0) is 20.8 Å². The van der Waals surface area contributed by atoms with Crippen molar-refractivity contribution in [2.75, 3.05) is 17.2 Å². The third kappa shape index (κ3) is 4.47. The van der Waals surface area contributed by atoms with Crippen LogP contribution in [0.3, 0.4) is 0 Å². The third-order valence-corrected chi connectivity index (χ3v) is 5.56. The first kappa shape index (κ1) is 19.2. The molecule has 0 aromatic heterocycles. The van der Waals surface area contributed by atoms with E-state index in [1.54, 1.807) is 30.0 Å². The van der Waals surface area contributed by atoms with E-state index < -0.39 is 0 Å². The van der Waals surface area contributed by atoms with Gasteiger partial charge in [0.15, 0.2) is 0 Å². The van der Waals surface area contributed by atoms with Crippen molar-refractivity contribution < 1.29 is 14.4 Å². The van der Waals surface area contributed by atoms with Gasteiger partial charge in [0.05, 0.1) is 12.5 Å². The summed E-state index contributed by atoms with van der Waals surface area (Å²) in [5, 5.41) is 5.80. The molecule has 0 radical (unpaired) electrons. The minimum atomic E-state index is -0.268. The van der Waals surface area contributed by atoms with Crippen LogP contribution in [0.15, 0.2) is 48.5 Å². The van der Waals surface area contributed by atoms with Gasteiger partial charge in [0.25, 0.3) is 0 Å². The molecule has 6 heteroatoms. The average Bonchev–Trinajstić information content (AvgIpc) is 3.53. The zero-order valence-electron chi connectivity index (χ0n) is 16.5. The lowest BCUT2D eigenvalue weighted by Gasteiger charge is -2.36. The summed E-state index contributed by atoms with van der Waals surface area (Å²) < 4.78 is 0. The number of hydrogen-bond donors (Lipinski definition) is 2. The number of fused-ring (bicyclic) bond motifs is 1. The molecule has 150 valence electrons. The van der Waals surface area contributed by atoms with Crippen LogP contribution < -0.4 is 10.6 Å². The number of nitrogens with zero attached hydrogens (tertiary/aromatic N) is 1. The van der Waals surface area contributed by atoms with Crippen LogP contribution >= 0.6 is 0 Å². The third-order valence-electron chi connectivity index (χ3n) is 5.56. The maximum absolute atomic E-state index is 12.8. The molecule has 2 aromatic rings. The number of benzene rings is 2. The van der Waals surface area contributed by atoms with Crippen LogP contribution in [0.4, 0.5) is 11.4 Å². The Hall–Kier alpha value is -3.15. The summed E-state index contributed by atoms with van der Waals surface area (Å²) in [6.07, 6.45) is 2.88. The van der Waals surface area contributed by atoms with Gasteiger partial charge in [0, 0.05) is 30.8 Å². The van der Waals surface area contributed by atoms with E-state index in [4.69, 9.17) is 0 Å². The molecule has 2 N–H and O–H groups in total. The molecule has 0 bridgehead atoms. The van der Waals surface area contributed by atoms with Gasteiger partial charge in [-0.25, -0.2) is 0 Å². The second kappa shape index (κ2) is 8.07. The average molecular weight is 391 g/mol. The van der Waals surface area contributed by atoms with Crippen molar-refractivity contribution in [1.82, 2.24) is 4.90 Å². The highest BCUT2D eigenvalue weighted by Crippen LogP contribution is 2.33. The zero-order chi connectivity index (χ0) is 20.4. The molecule has 1 fully saturated rings. The van der Waals surface area contributed by atoms with Gasteiger partial charge < -0.3 is 15.5 Å². The van der Waals surface area contributed by atoms with Gasteiger partial charge in [0.2, 0.25) is 17.7 Å². The Balaban J connectivity index is 1.46. The summed E-state index contributed by atoms with van der Waals surface area (Å²) in [6, 6.07) is 14.9. The van der Waals surface area contributed by atoms with E-state index in [0.29, 0.717) is 17.9 Å². The van der Waals surface area contributed by atoms with E-state index in [9.17, 15) is 14.4 Å². The molecule has 2 aliphatic rings. The molecule has 1 atom stereocenters. The van der Waals surface area contributed by atoms with Gasteiger partial charge in [-0.05, 0) is 48.6 Å². The summed E-state index contributed by atoms with van der Waals surface area (Å²) in [4.78, 5) is 38.6. The predicted molar refractivity (Wildman–Crippen MR) is 111 cm³/mol. The molecule has 4 rings (SSSR count). The van der Waals surface area contributed by atoms with Crippen LogP contribution in [0.5, 0.6) is 0 Å². The summed E-state index contributed by atoms with van der Waals surface area (Å²) in [5.41, 5.74) is 3.53. The van der Waals surface area contributed by atoms with Crippen molar-refractivity contribution in [2.24, 2.45) is 5.92 Å². The lowest BCUT2D eigenvalue weighted by Crippen LogP contribution is -2.40. The second-order valence-corrected chi connectivity index (χ2v) is 7.77. The quantitative estimate of drug-likeness (QED) is 0.819. The molecule has 1 unspecified atom stereocenters. The molecule has 2 aromatic carbocycles. The number of carbonyl (C=O) groups excluding carboxylic acids is 3. The fraction of sp³-hybridized carbons (Fsp3) is 0.348. The highest BCUT2D eigenvalue weighted by molar-refractivity contribution is 5.96. The molecule has 1 aliphatic heterocycles. The lowest BCUT2D eigenvalue weighted by atomic mass is 9.90. The Labute approximate surface area is 170 Å². The normalized spacial score (nSPS) is 18.0. The monoisotopic (exact) mass is 391 g/mol. The van der Waals surface area contributed by atoms with Crippen molar-refractivity contribution in [3.8, 4) is 0 Å². The Kier molecular flexibility index (Phi) is 5.34. The fourth-order valence-electron chi connectivity index (χ4n) is 3.90. The summed E-state index contributed by atoms with van der Waals surface area (Å²) >= 11 is 0. The van der Waals surface area contributed by atoms with Crippen molar-refractivity contribution in [2.45, 2.75) is 38.6 Å². The SMILES string of the molecule is CC(=O)N1CCc2ccccc2C1CC(=O)Nc1cccc(NC(=O)C2CC2)c1. The standard InChI is InChI=1S/C23H25N3O3/c1-15(27)26-12-11-16-5-2-3-8-20(16)21(26)14-22(28)24-18-6-4-7-19(13-18)25-23(29)17-9-10-17/h2-8,13,17,21H,9-12,14H2,1H3,(H,24,28)(H,25,29). The van der Waals surface area contributed by atoms with E-state index in [0.717, 1.165) is 24.8 Å². The van der Waals surface area contributed by atoms with Crippen molar-refractivity contribution in [1.29, 1.82) is 0 Å². The fourth-order valence-corrected chi connectivity index (χ4v) is 3.90. The molecule has 0 saturated heterocycles. The molecule has 29 heavy (non-hydrogen) atoms. The van der Waals surface area contributed by atoms with Crippen LogP contribution in [0.2, 0.25) is 0 Å². The minimum absolute atomic E-state index is 0.0258. The summed E-state index contributed by atoms with van der Waals surface area (Å²) in [6.45, 7) is 2.16. The lowest BCUT2D eigenvalue weighted by molar-refractivity contribution is -0.132. The van der Waals surface area contributed by atoms with Crippen molar-refractivity contribution in [3.05, 3.63) is 59.7 Å². The molecular weight excluding hydrogens is 366 g/mol. The van der Waals surface area contributed by atoms with Crippen LogP contribution in [0.25, 0.3) is 0 Å². The van der Waals surface area contributed by atoms with Gasteiger partial charge in [-0.15, -0.1) is 0 Å². The van der Waals surface area contributed by atoms with Gasteiger partial charge in [-0.3, -0.25) is 14.4 Å². The van der Waals surface area contributed by atoms with E-state index in [-0.39, 0.29) is 36.1 Å². The topological polar surface area (TPSA) is 78.5 Å². The Morgan fingerprint density at radius 2 is 1.72 bits per heavy atom. The highest BCUT2D eigenvalue weighted by atomic mass is 16.2. The van der Waals surface area contributed by atoms with E-state index in [2.05, 4.69) is 16.7 Å². The summed E-state index contributed by atoms with van der Waals surface area (Å²) in [5.74, 6) is -0.0349. The number of hydrogen-bond acceptors (Lipinski definition) is 3. The van der Waals surface area contributed by atoms with Gasteiger partial charge in [-0.1, -0.05) is 30.3 Å². The van der Waals surface area contributed by atoms with Crippen LogP contribution in [0, 0.1) is 5.92 Å². The van der Waals surface area contributed by atoms with Crippen molar-refractivity contribution >= 4 is 29.1 Å². The largest absolute Gasteiger partial charge is 0.335 e. The molecule has 1 saturated carbocycles. The van der Waals surface area contributed by atoms with E-state index in [1.807, 2.05) is 24.3 Å².